The molecule has 0 fully saturated rings. The molecule has 0 aliphatic rings. The third-order valence-corrected chi connectivity index (χ3v) is 2.37. The van der Waals surface area contributed by atoms with Gasteiger partial charge in [-0.15, -0.1) is 0 Å². The first kappa shape index (κ1) is 10.4. The van der Waals surface area contributed by atoms with Gasteiger partial charge in [-0.3, -0.25) is 4.79 Å². The Bertz CT molecular complexity index is 350. The highest BCUT2D eigenvalue weighted by atomic mass is 35.5. The van der Waals surface area contributed by atoms with Crippen LogP contribution < -0.4 is 5.32 Å². The number of anilines is 1. The van der Waals surface area contributed by atoms with Gasteiger partial charge in [0.1, 0.15) is 0 Å². The Kier molecular flexibility index (Phi) is 3.17. The van der Waals surface area contributed by atoms with E-state index in [-0.39, 0.29) is 5.91 Å². The van der Waals surface area contributed by atoms with Crippen LogP contribution in [0.15, 0.2) is 12.1 Å². The molecule has 0 aliphatic carbocycles. The zero-order chi connectivity index (χ0) is 10.0. The van der Waals surface area contributed by atoms with Gasteiger partial charge in [0.25, 0.3) is 0 Å². The van der Waals surface area contributed by atoms with Crippen LogP contribution >= 0.6 is 23.2 Å². The van der Waals surface area contributed by atoms with Crippen molar-refractivity contribution in [3.05, 3.63) is 27.7 Å². The Balaban J connectivity index is 3.17. The van der Waals surface area contributed by atoms with E-state index < -0.39 is 0 Å². The molecular weight excluding hydrogens is 209 g/mol. The quantitative estimate of drug-likeness (QED) is 0.769. The lowest BCUT2D eigenvalue weighted by molar-refractivity contribution is -0.114. The molecule has 1 N–H and O–H groups in total. The van der Waals surface area contributed by atoms with Crippen molar-refractivity contribution < 1.29 is 4.79 Å². The molecule has 13 heavy (non-hydrogen) atoms. The predicted molar refractivity (Wildman–Crippen MR) is 55.5 cm³/mol. The zero-order valence-corrected chi connectivity index (χ0v) is 8.83. The van der Waals surface area contributed by atoms with Crippen molar-refractivity contribution in [1.29, 1.82) is 0 Å². The van der Waals surface area contributed by atoms with Gasteiger partial charge in [0.2, 0.25) is 5.91 Å². The number of benzene rings is 1. The summed E-state index contributed by atoms with van der Waals surface area (Å²) in [5, 5.41) is 3.72. The topological polar surface area (TPSA) is 29.1 Å². The summed E-state index contributed by atoms with van der Waals surface area (Å²) < 4.78 is 0. The molecule has 2 nitrogen and oxygen atoms in total. The van der Waals surface area contributed by atoms with Gasteiger partial charge in [0, 0.05) is 11.9 Å². The summed E-state index contributed by atoms with van der Waals surface area (Å²) in [5.41, 5.74) is 1.37. The summed E-state index contributed by atoms with van der Waals surface area (Å²) in [4.78, 5) is 10.8. The molecule has 1 aromatic carbocycles. The molecule has 0 bridgehead atoms. The van der Waals surface area contributed by atoms with Crippen LogP contribution in [-0.2, 0) is 4.79 Å². The van der Waals surface area contributed by atoms with E-state index in [2.05, 4.69) is 5.32 Å². The number of halogens is 2. The molecule has 0 atom stereocenters. The molecule has 1 aromatic rings. The number of hydrogen-bond acceptors (Lipinski definition) is 1. The highest BCUT2D eigenvalue weighted by molar-refractivity contribution is 6.36. The highest BCUT2D eigenvalue weighted by Crippen LogP contribution is 2.30. The third kappa shape index (κ3) is 2.36. The van der Waals surface area contributed by atoms with Crippen LogP contribution in [0.3, 0.4) is 0 Å². The van der Waals surface area contributed by atoms with Crippen molar-refractivity contribution in [1.82, 2.24) is 0 Å². The Morgan fingerprint density at radius 2 is 1.85 bits per heavy atom. The van der Waals surface area contributed by atoms with Gasteiger partial charge in [0.05, 0.1) is 10.7 Å². The van der Waals surface area contributed by atoms with Crippen LogP contribution in [-0.4, -0.2) is 5.91 Å². The van der Waals surface area contributed by atoms with E-state index in [1.807, 2.05) is 0 Å². The first-order chi connectivity index (χ1) is 6.02. The van der Waals surface area contributed by atoms with E-state index in [4.69, 9.17) is 23.2 Å². The Morgan fingerprint density at radius 1 is 1.31 bits per heavy atom. The van der Waals surface area contributed by atoms with Gasteiger partial charge in [-0.25, -0.2) is 0 Å². The summed E-state index contributed by atoms with van der Waals surface area (Å²) >= 11 is 11.7. The van der Waals surface area contributed by atoms with E-state index in [0.717, 1.165) is 5.56 Å². The molecule has 0 aliphatic heterocycles. The normalized spacial score (nSPS) is 9.85. The monoisotopic (exact) mass is 217 g/mol. The van der Waals surface area contributed by atoms with E-state index in [9.17, 15) is 4.79 Å². The molecule has 0 heterocycles. The van der Waals surface area contributed by atoms with E-state index in [1.165, 1.54) is 6.92 Å². The van der Waals surface area contributed by atoms with Crippen molar-refractivity contribution in [3.8, 4) is 0 Å². The van der Waals surface area contributed by atoms with E-state index >= 15 is 0 Å². The molecule has 0 saturated carbocycles. The molecule has 0 aromatic heterocycles. The standard InChI is InChI=1S/C9H9Cl2NO/c1-5-7(10)3-4-8(11)9(5)12-6(2)13/h3-4H,1-2H3,(H,12,13). The number of hydrogen-bond donors (Lipinski definition) is 1. The first-order valence-electron chi connectivity index (χ1n) is 3.74. The third-order valence-electron chi connectivity index (χ3n) is 1.65. The van der Waals surface area contributed by atoms with Crippen molar-refractivity contribution >= 4 is 34.8 Å². The number of rotatable bonds is 1. The Morgan fingerprint density at radius 3 is 2.38 bits per heavy atom. The van der Waals surface area contributed by atoms with Crippen LogP contribution in [0.1, 0.15) is 12.5 Å². The number of carbonyl (C=O) groups is 1. The molecule has 0 spiro atoms. The average Bonchev–Trinajstić information content (AvgIpc) is 2.05. The lowest BCUT2D eigenvalue weighted by atomic mass is 10.2. The Hall–Kier alpha value is -0.730. The van der Waals surface area contributed by atoms with Gasteiger partial charge >= 0.3 is 0 Å². The average molecular weight is 218 g/mol. The number of nitrogens with one attached hydrogen (secondary N) is 1. The molecule has 1 rings (SSSR count). The van der Waals surface area contributed by atoms with E-state index in [0.29, 0.717) is 15.7 Å². The highest BCUT2D eigenvalue weighted by Gasteiger charge is 2.08. The second-order valence-corrected chi connectivity index (χ2v) is 3.52. The maximum absolute atomic E-state index is 10.8. The van der Waals surface area contributed by atoms with Crippen molar-refractivity contribution in [3.63, 3.8) is 0 Å². The summed E-state index contributed by atoms with van der Waals surface area (Å²) in [7, 11) is 0. The van der Waals surface area contributed by atoms with Crippen molar-refractivity contribution in [2.75, 3.05) is 5.32 Å². The number of amides is 1. The van der Waals surface area contributed by atoms with Gasteiger partial charge in [-0.2, -0.15) is 0 Å². The molecule has 1 amide bonds. The second kappa shape index (κ2) is 3.99. The maximum atomic E-state index is 10.8. The fraction of sp³-hybridized carbons (Fsp3) is 0.222. The smallest absolute Gasteiger partial charge is 0.221 e. The summed E-state index contributed by atoms with van der Waals surface area (Å²) in [5.74, 6) is -0.160. The summed E-state index contributed by atoms with van der Waals surface area (Å²) in [6, 6.07) is 3.35. The molecule has 0 unspecified atom stereocenters. The summed E-state index contributed by atoms with van der Waals surface area (Å²) in [6.45, 7) is 3.23. The fourth-order valence-corrected chi connectivity index (χ4v) is 1.39. The molecule has 4 heteroatoms. The van der Waals surface area contributed by atoms with Crippen molar-refractivity contribution in [2.45, 2.75) is 13.8 Å². The lowest BCUT2D eigenvalue weighted by Crippen LogP contribution is -2.07. The van der Waals surface area contributed by atoms with Crippen LogP contribution in [0, 0.1) is 6.92 Å². The SMILES string of the molecule is CC(=O)Nc1c(Cl)ccc(Cl)c1C. The minimum absolute atomic E-state index is 0.160. The van der Waals surface area contributed by atoms with Crippen molar-refractivity contribution in [2.24, 2.45) is 0 Å². The molecule has 0 saturated heterocycles. The minimum atomic E-state index is -0.160. The largest absolute Gasteiger partial charge is 0.325 e. The molecular formula is C9H9Cl2NO. The van der Waals surface area contributed by atoms with Gasteiger partial charge in [-0.05, 0) is 24.6 Å². The summed E-state index contributed by atoms with van der Waals surface area (Å²) in [6.07, 6.45) is 0. The van der Waals surface area contributed by atoms with Crippen LogP contribution in [0.5, 0.6) is 0 Å². The second-order valence-electron chi connectivity index (χ2n) is 2.71. The van der Waals surface area contributed by atoms with Gasteiger partial charge in [0.15, 0.2) is 0 Å². The van der Waals surface area contributed by atoms with Gasteiger partial charge in [-0.1, -0.05) is 23.2 Å². The van der Waals surface area contributed by atoms with Crippen LogP contribution in [0.2, 0.25) is 10.0 Å². The van der Waals surface area contributed by atoms with Crippen LogP contribution in [0.25, 0.3) is 0 Å². The zero-order valence-electron chi connectivity index (χ0n) is 7.32. The van der Waals surface area contributed by atoms with E-state index in [1.54, 1.807) is 19.1 Å². The fourth-order valence-electron chi connectivity index (χ4n) is 0.983. The Labute approximate surface area is 86.8 Å². The molecule has 70 valence electrons. The maximum Gasteiger partial charge on any atom is 0.221 e. The predicted octanol–water partition coefficient (Wildman–Crippen LogP) is 3.26. The lowest BCUT2D eigenvalue weighted by Gasteiger charge is -2.09. The van der Waals surface area contributed by atoms with Gasteiger partial charge < -0.3 is 5.32 Å². The molecule has 0 radical (unpaired) electrons. The first-order valence-corrected chi connectivity index (χ1v) is 4.50. The number of carbonyl (C=O) groups excluding carboxylic acids is 1. The minimum Gasteiger partial charge on any atom is -0.325 e. The van der Waals surface area contributed by atoms with Crippen LogP contribution in [0.4, 0.5) is 5.69 Å².